The Labute approximate surface area is 179 Å². The molecule has 0 aliphatic carbocycles. The molecule has 29 heavy (non-hydrogen) atoms. The fourth-order valence-corrected chi connectivity index (χ4v) is 3.32. The van der Waals surface area contributed by atoms with Gasteiger partial charge in [-0.25, -0.2) is 9.59 Å². The van der Waals surface area contributed by atoms with Crippen LogP contribution in [0, 0.1) is 0 Å². The van der Waals surface area contributed by atoms with Crippen molar-refractivity contribution in [2.75, 3.05) is 13.7 Å². The molecule has 0 aromatic carbocycles. The first-order chi connectivity index (χ1) is 13.1. The number of hydrogen-bond donors (Lipinski definition) is 1. The van der Waals surface area contributed by atoms with E-state index in [0.29, 0.717) is 5.69 Å². The van der Waals surface area contributed by atoms with E-state index in [4.69, 9.17) is 25.5 Å². The fraction of sp³-hybridized carbons (Fsp3) is 0.650. The minimum atomic E-state index is -2.12. The van der Waals surface area contributed by atoms with Crippen molar-refractivity contribution < 1.29 is 23.5 Å². The zero-order valence-electron chi connectivity index (χ0n) is 18.8. The fourth-order valence-electron chi connectivity index (χ4n) is 2.15. The summed E-state index contributed by atoms with van der Waals surface area (Å²) in [6.07, 6.45) is 0.785. The molecular formula is C20H33ClN2O5Si. The number of esters is 1. The third-order valence-corrected chi connectivity index (χ3v) is 9.44. The third-order valence-electron chi connectivity index (χ3n) is 4.73. The Morgan fingerprint density at radius 3 is 2.28 bits per heavy atom. The van der Waals surface area contributed by atoms with Gasteiger partial charge in [-0.2, -0.15) is 0 Å². The van der Waals surface area contributed by atoms with Crippen molar-refractivity contribution in [3.63, 3.8) is 0 Å². The molecule has 0 radical (unpaired) electrons. The molecule has 9 heteroatoms. The van der Waals surface area contributed by atoms with Crippen molar-refractivity contribution >= 4 is 32.0 Å². The average molecular weight is 445 g/mol. The lowest BCUT2D eigenvalue weighted by atomic mass is 10.1. The molecule has 0 spiro atoms. The average Bonchev–Trinajstić information content (AvgIpc) is 2.55. The number of ether oxygens (including phenoxy) is 2. The Morgan fingerprint density at radius 2 is 1.79 bits per heavy atom. The van der Waals surface area contributed by atoms with Crippen LogP contribution in [-0.4, -0.2) is 44.7 Å². The summed E-state index contributed by atoms with van der Waals surface area (Å²) in [7, 11) is -0.851. The zero-order valence-corrected chi connectivity index (χ0v) is 20.6. The van der Waals surface area contributed by atoms with Gasteiger partial charge >= 0.3 is 12.1 Å². The van der Waals surface area contributed by atoms with Crippen LogP contribution in [0.3, 0.4) is 0 Å². The second kappa shape index (κ2) is 9.45. The molecular weight excluding hydrogens is 412 g/mol. The molecule has 1 N–H and O–H groups in total. The number of amides is 1. The quantitative estimate of drug-likeness (QED) is 0.484. The van der Waals surface area contributed by atoms with Crippen LogP contribution in [0.5, 0.6) is 0 Å². The number of nitrogens with zero attached hydrogens (tertiary/aromatic N) is 1. The molecule has 1 aromatic heterocycles. The molecule has 7 nitrogen and oxygen atoms in total. The van der Waals surface area contributed by atoms with Gasteiger partial charge in [-0.15, -0.1) is 0 Å². The van der Waals surface area contributed by atoms with Gasteiger partial charge in [0.15, 0.2) is 8.32 Å². The number of carbonyl (C=O) groups is 2. The summed E-state index contributed by atoms with van der Waals surface area (Å²) >= 11 is 6.02. The van der Waals surface area contributed by atoms with E-state index < -0.39 is 32.0 Å². The molecule has 1 unspecified atom stereocenters. The summed E-state index contributed by atoms with van der Waals surface area (Å²) in [6, 6.07) is 0.747. The first kappa shape index (κ1) is 25.4. The Kier molecular flexibility index (Phi) is 8.27. The zero-order chi connectivity index (χ0) is 22.6. The second-order valence-corrected chi connectivity index (χ2v) is 14.6. The monoisotopic (exact) mass is 444 g/mol. The van der Waals surface area contributed by atoms with E-state index in [1.807, 2.05) is 0 Å². The highest BCUT2D eigenvalue weighted by Crippen LogP contribution is 2.37. The van der Waals surface area contributed by atoms with Crippen LogP contribution in [-0.2, 0) is 13.9 Å². The van der Waals surface area contributed by atoms with Crippen LogP contribution in [0.25, 0.3) is 0 Å². The minimum absolute atomic E-state index is 0.0257. The minimum Gasteiger partial charge on any atom is -0.465 e. The van der Waals surface area contributed by atoms with E-state index in [0.717, 1.165) is 0 Å². The summed E-state index contributed by atoms with van der Waals surface area (Å²) in [6.45, 7) is 16.0. The molecule has 1 rings (SSSR count). The lowest BCUT2D eigenvalue weighted by Crippen LogP contribution is -2.44. The summed E-state index contributed by atoms with van der Waals surface area (Å²) < 4.78 is 16.5. The van der Waals surface area contributed by atoms with Crippen molar-refractivity contribution in [1.29, 1.82) is 0 Å². The maximum Gasteiger partial charge on any atom is 0.408 e. The molecule has 0 aliphatic heterocycles. The number of carbonyl (C=O) groups excluding carboxylic acids is 2. The van der Waals surface area contributed by atoms with Crippen LogP contribution < -0.4 is 5.32 Å². The molecule has 1 heterocycles. The molecule has 0 saturated carbocycles. The number of nitrogens with one attached hydrogen (secondary N) is 1. The predicted molar refractivity (Wildman–Crippen MR) is 116 cm³/mol. The second-order valence-electron chi connectivity index (χ2n) is 9.35. The van der Waals surface area contributed by atoms with E-state index in [9.17, 15) is 9.59 Å². The number of halogens is 1. The van der Waals surface area contributed by atoms with Gasteiger partial charge < -0.3 is 19.2 Å². The van der Waals surface area contributed by atoms with Crippen molar-refractivity contribution in [1.82, 2.24) is 10.3 Å². The van der Waals surface area contributed by atoms with Gasteiger partial charge in [-0.05, 0) is 45.0 Å². The number of hydrogen-bond acceptors (Lipinski definition) is 6. The number of aromatic nitrogens is 1. The standard InChI is InChI=1S/C20H33ClN2O5Si/c1-19(2,3)28-18(25)23-15(12-27-29(8,9)20(4,5)6)16-14(17(24)26-7)10-13(21)11-22-16/h10-11,15H,12H2,1-9H3,(H,23,25). The molecule has 1 aromatic rings. The van der Waals surface area contributed by atoms with E-state index >= 15 is 0 Å². The lowest BCUT2D eigenvalue weighted by Gasteiger charge is -2.37. The van der Waals surface area contributed by atoms with Crippen molar-refractivity contribution in [2.24, 2.45) is 0 Å². The Hall–Kier alpha value is -1.64. The maximum absolute atomic E-state index is 12.4. The van der Waals surface area contributed by atoms with Gasteiger partial charge in [0.2, 0.25) is 0 Å². The topological polar surface area (TPSA) is 86.8 Å². The normalized spacial score (nSPS) is 13.6. The SMILES string of the molecule is COC(=O)c1cc(Cl)cnc1C(CO[Si](C)(C)C(C)(C)C)NC(=O)OC(C)(C)C. The largest absolute Gasteiger partial charge is 0.465 e. The smallest absolute Gasteiger partial charge is 0.408 e. The van der Waals surface area contributed by atoms with Gasteiger partial charge in [0, 0.05) is 6.20 Å². The van der Waals surface area contributed by atoms with Crippen LogP contribution in [0.4, 0.5) is 4.79 Å². The van der Waals surface area contributed by atoms with Gasteiger partial charge in [0.25, 0.3) is 0 Å². The van der Waals surface area contributed by atoms with E-state index in [1.165, 1.54) is 19.4 Å². The maximum atomic E-state index is 12.4. The predicted octanol–water partition coefficient (Wildman–Crippen LogP) is 5.11. The van der Waals surface area contributed by atoms with Crippen molar-refractivity contribution in [3.05, 3.63) is 28.5 Å². The van der Waals surface area contributed by atoms with E-state index in [2.05, 4.69) is 44.2 Å². The summed E-state index contributed by atoms with van der Waals surface area (Å²) in [5.74, 6) is -0.599. The molecule has 0 aliphatic rings. The Balaban J connectivity index is 3.27. The van der Waals surface area contributed by atoms with E-state index in [-0.39, 0.29) is 22.2 Å². The van der Waals surface area contributed by atoms with Gasteiger partial charge in [-0.3, -0.25) is 4.98 Å². The van der Waals surface area contributed by atoms with Crippen LogP contribution in [0.1, 0.15) is 63.6 Å². The van der Waals surface area contributed by atoms with Crippen molar-refractivity contribution in [2.45, 2.75) is 71.3 Å². The first-order valence-corrected chi connectivity index (χ1v) is 12.7. The number of alkyl carbamates (subject to hydrolysis) is 1. The van der Waals surface area contributed by atoms with Gasteiger partial charge in [0.1, 0.15) is 5.60 Å². The highest BCUT2D eigenvalue weighted by Gasteiger charge is 2.38. The summed E-state index contributed by atoms with van der Waals surface area (Å²) in [4.78, 5) is 29.0. The Bertz CT molecular complexity index is 741. The third kappa shape index (κ3) is 7.60. The molecule has 164 valence electrons. The molecule has 0 fully saturated rings. The number of rotatable bonds is 6. The molecule has 0 bridgehead atoms. The highest BCUT2D eigenvalue weighted by molar-refractivity contribution is 6.74. The van der Waals surface area contributed by atoms with Crippen molar-refractivity contribution in [3.8, 4) is 0 Å². The Morgan fingerprint density at radius 1 is 1.21 bits per heavy atom. The van der Waals surface area contributed by atoms with Gasteiger partial charge in [-0.1, -0.05) is 32.4 Å². The summed E-state index contributed by atoms with van der Waals surface area (Å²) in [5.41, 5.74) is -0.196. The first-order valence-electron chi connectivity index (χ1n) is 9.44. The number of pyridine rings is 1. The highest BCUT2D eigenvalue weighted by atomic mass is 35.5. The molecule has 0 saturated heterocycles. The summed E-state index contributed by atoms with van der Waals surface area (Å²) in [5, 5.41) is 3.04. The van der Waals surface area contributed by atoms with Crippen LogP contribution in [0.15, 0.2) is 12.3 Å². The molecule has 1 amide bonds. The van der Waals surface area contributed by atoms with Crippen LogP contribution in [0.2, 0.25) is 23.2 Å². The number of methoxy groups -OCH3 is 1. The van der Waals surface area contributed by atoms with E-state index in [1.54, 1.807) is 20.8 Å². The lowest BCUT2D eigenvalue weighted by molar-refractivity contribution is 0.0476. The molecule has 1 atom stereocenters. The van der Waals surface area contributed by atoms with Gasteiger partial charge in [0.05, 0.1) is 36.0 Å². The van der Waals surface area contributed by atoms with Crippen LogP contribution >= 0.6 is 11.6 Å².